The molecule has 1 aliphatic carbocycles. The van der Waals surface area contributed by atoms with Crippen molar-refractivity contribution < 1.29 is 4.79 Å². The molecule has 92 valence electrons. The summed E-state index contributed by atoms with van der Waals surface area (Å²) in [6, 6.07) is 0.467. The minimum absolute atomic E-state index is 0.216. The van der Waals surface area contributed by atoms with Crippen molar-refractivity contribution in [3.63, 3.8) is 0 Å². The molecule has 2 rings (SSSR count). The Morgan fingerprint density at radius 1 is 1.38 bits per heavy atom. The van der Waals surface area contributed by atoms with E-state index in [0.717, 1.165) is 45.6 Å². The summed E-state index contributed by atoms with van der Waals surface area (Å²) in [4.78, 5) is 14.4. The molecular weight excluding hydrogens is 202 g/mol. The van der Waals surface area contributed by atoms with E-state index < -0.39 is 0 Å². The molecule has 0 aromatic heterocycles. The predicted molar refractivity (Wildman–Crippen MR) is 64.3 cm³/mol. The van der Waals surface area contributed by atoms with Gasteiger partial charge in [0.05, 0.1) is 5.41 Å². The van der Waals surface area contributed by atoms with Crippen LogP contribution in [-0.2, 0) is 4.79 Å². The fourth-order valence-corrected chi connectivity index (χ4v) is 2.11. The Kier molecular flexibility index (Phi) is 3.50. The molecule has 1 saturated carbocycles. The molecular formula is C12H23N3O. The molecule has 2 N–H and O–H groups in total. The van der Waals surface area contributed by atoms with E-state index in [9.17, 15) is 4.79 Å². The van der Waals surface area contributed by atoms with Crippen molar-refractivity contribution in [1.82, 2.24) is 15.5 Å². The van der Waals surface area contributed by atoms with Crippen LogP contribution in [0, 0.1) is 5.41 Å². The van der Waals surface area contributed by atoms with Crippen molar-refractivity contribution in [2.24, 2.45) is 5.41 Å². The molecule has 0 atom stereocenters. The number of carbonyl (C=O) groups excluding carboxylic acids is 1. The van der Waals surface area contributed by atoms with Crippen LogP contribution in [0.25, 0.3) is 0 Å². The highest BCUT2D eigenvalue weighted by Gasteiger charge is 2.34. The number of hydrogen-bond donors (Lipinski definition) is 2. The van der Waals surface area contributed by atoms with E-state index in [0.29, 0.717) is 6.04 Å². The largest absolute Gasteiger partial charge is 0.353 e. The van der Waals surface area contributed by atoms with E-state index in [4.69, 9.17) is 0 Å². The van der Waals surface area contributed by atoms with Crippen LogP contribution < -0.4 is 10.6 Å². The zero-order valence-corrected chi connectivity index (χ0v) is 10.4. The number of piperazine rings is 1. The molecule has 1 heterocycles. The number of rotatable bonds is 4. The monoisotopic (exact) mass is 225 g/mol. The molecule has 0 aromatic carbocycles. The van der Waals surface area contributed by atoms with E-state index in [2.05, 4.69) is 15.5 Å². The summed E-state index contributed by atoms with van der Waals surface area (Å²) in [7, 11) is 0. The van der Waals surface area contributed by atoms with Crippen LogP contribution in [0.3, 0.4) is 0 Å². The number of hydrogen-bond acceptors (Lipinski definition) is 3. The van der Waals surface area contributed by atoms with Crippen LogP contribution in [0.1, 0.15) is 26.7 Å². The van der Waals surface area contributed by atoms with Crippen LogP contribution in [0.4, 0.5) is 0 Å². The van der Waals surface area contributed by atoms with E-state index in [1.165, 1.54) is 0 Å². The highest BCUT2D eigenvalue weighted by molar-refractivity contribution is 5.82. The molecule has 16 heavy (non-hydrogen) atoms. The molecule has 0 aromatic rings. The maximum atomic E-state index is 12.0. The number of nitrogens with one attached hydrogen (secondary N) is 2. The molecule has 1 amide bonds. The lowest BCUT2D eigenvalue weighted by Gasteiger charge is -2.34. The van der Waals surface area contributed by atoms with E-state index in [-0.39, 0.29) is 11.3 Å². The highest BCUT2D eigenvalue weighted by atomic mass is 16.2. The Balaban J connectivity index is 1.81. The molecule has 0 radical (unpaired) electrons. The molecule has 0 unspecified atom stereocenters. The lowest BCUT2D eigenvalue weighted by atomic mass is 9.91. The average molecular weight is 225 g/mol. The highest BCUT2D eigenvalue weighted by Crippen LogP contribution is 2.23. The van der Waals surface area contributed by atoms with Gasteiger partial charge in [0.25, 0.3) is 0 Å². The molecule has 2 fully saturated rings. The summed E-state index contributed by atoms with van der Waals surface area (Å²) in [5, 5.41) is 6.43. The molecule has 1 saturated heterocycles. The SMILES string of the molecule is CC(C)(CN1CCNCC1)C(=O)NC1CC1. The van der Waals surface area contributed by atoms with Crippen molar-refractivity contribution in [2.75, 3.05) is 32.7 Å². The van der Waals surface area contributed by atoms with Crippen molar-refractivity contribution in [3.8, 4) is 0 Å². The third-order valence-electron chi connectivity index (χ3n) is 3.36. The summed E-state index contributed by atoms with van der Waals surface area (Å²) in [5.74, 6) is 0.216. The Morgan fingerprint density at radius 3 is 2.56 bits per heavy atom. The van der Waals surface area contributed by atoms with Crippen LogP contribution in [-0.4, -0.2) is 49.6 Å². The Labute approximate surface area is 97.8 Å². The fourth-order valence-electron chi connectivity index (χ4n) is 2.11. The topological polar surface area (TPSA) is 44.4 Å². The zero-order valence-electron chi connectivity index (χ0n) is 10.4. The van der Waals surface area contributed by atoms with E-state index >= 15 is 0 Å². The first-order chi connectivity index (χ1) is 7.58. The zero-order chi connectivity index (χ0) is 11.6. The lowest BCUT2D eigenvalue weighted by Crippen LogP contribution is -2.51. The van der Waals surface area contributed by atoms with Gasteiger partial charge in [-0.15, -0.1) is 0 Å². The smallest absolute Gasteiger partial charge is 0.227 e. The number of amides is 1. The van der Waals surface area contributed by atoms with Crippen LogP contribution in [0.15, 0.2) is 0 Å². The van der Waals surface area contributed by atoms with Gasteiger partial charge < -0.3 is 10.6 Å². The van der Waals surface area contributed by atoms with Crippen LogP contribution in [0.2, 0.25) is 0 Å². The van der Waals surface area contributed by atoms with Gasteiger partial charge in [-0.3, -0.25) is 9.69 Å². The van der Waals surface area contributed by atoms with E-state index in [1.54, 1.807) is 0 Å². The fraction of sp³-hybridized carbons (Fsp3) is 0.917. The first kappa shape index (κ1) is 11.9. The summed E-state index contributed by atoms with van der Waals surface area (Å²) in [6.45, 7) is 9.16. The Morgan fingerprint density at radius 2 is 2.00 bits per heavy atom. The van der Waals surface area contributed by atoms with Gasteiger partial charge in [-0.1, -0.05) is 0 Å². The molecule has 1 aliphatic heterocycles. The van der Waals surface area contributed by atoms with Gasteiger partial charge in [-0.05, 0) is 26.7 Å². The number of carbonyl (C=O) groups is 1. The molecule has 2 aliphatic rings. The van der Waals surface area contributed by atoms with Gasteiger partial charge in [-0.25, -0.2) is 0 Å². The Bertz CT molecular complexity index is 255. The summed E-state index contributed by atoms with van der Waals surface area (Å²) < 4.78 is 0. The molecule has 0 spiro atoms. The van der Waals surface area contributed by atoms with Gasteiger partial charge >= 0.3 is 0 Å². The van der Waals surface area contributed by atoms with Gasteiger partial charge in [0, 0.05) is 38.8 Å². The summed E-state index contributed by atoms with van der Waals surface area (Å²) in [5.41, 5.74) is -0.264. The molecule has 4 nitrogen and oxygen atoms in total. The lowest BCUT2D eigenvalue weighted by molar-refractivity contribution is -0.130. The number of nitrogens with zero attached hydrogens (tertiary/aromatic N) is 1. The first-order valence-electron chi connectivity index (χ1n) is 6.32. The van der Waals surface area contributed by atoms with Crippen LogP contribution >= 0.6 is 0 Å². The van der Waals surface area contributed by atoms with Gasteiger partial charge in [0.1, 0.15) is 0 Å². The summed E-state index contributed by atoms with van der Waals surface area (Å²) in [6.07, 6.45) is 2.32. The quantitative estimate of drug-likeness (QED) is 0.718. The standard InChI is InChI=1S/C12H23N3O/c1-12(2,11(16)14-10-3-4-10)9-15-7-5-13-6-8-15/h10,13H,3-9H2,1-2H3,(H,14,16). The third-order valence-corrected chi connectivity index (χ3v) is 3.36. The van der Waals surface area contributed by atoms with Crippen molar-refractivity contribution in [3.05, 3.63) is 0 Å². The average Bonchev–Trinajstić information content (AvgIpc) is 3.02. The second kappa shape index (κ2) is 4.72. The molecule has 0 bridgehead atoms. The minimum Gasteiger partial charge on any atom is -0.353 e. The Hall–Kier alpha value is -0.610. The van der Waals surface area contributed by atoms with Crippen molar-refractivity contribution in [1.29, 1.82) is 0 Å². The second-order valence-corrected chi connectivity index (χ2v) is 5.66. The third kappa shape index (κ3) is 3.19. The van der Waals surface area contributed by atoms with Gasteiger partial charge in [0.2, 0.25) is 5.91 Å². The second-order valence-electron chi connectivity index (χ2n) is 5.66. The molecule has 4 heteroatoms. The summed E-state index contributed by atoms with van der Waals surface area (Å²) >= 11 is 0. The van der Waals surface area contributed by atoms with Gasteiger partial charge in [0.15, 0.2) is 0 Å². The van der Waals surface area contributed by atoms with Gasteiger partial charge in [-0.2, -0.15) is 0 Å². The van der Waals surface area contributed by atoms with E-state index in [1.807, 2.05) is 13.8 Å². The van der Waals surface area contributed by atoms with Crippen molar-refractivity contribution in [2.45, 2.75) is 32.7 Å². The maximum Gasteiger partial charge on any atom is 0.227 e. The maximum absolute atomic E-state index is 12.0. The minimum atomic E-state index is -0.264. The predicted octanol–water partition coefficient (Wildman–Crippen LogP) is 0.196. The van der Waals surface area contributed by atoms with Crippen molar-refractivity contribution >= 4 is 5.91 Å². The normalized spacial score (nSPS) is 23.1. The van der Waals surface area contributed by atoms with Crippen LogP contribution in [0.5, 0.6) is 0 Å². The first-order valence-corrected chi connectivity index (χ1v) is 6.32.